The van der Waals surface area contributed by atoms with Crippen molar-refractivity contribution in [3.8, 4) is 11.8 Å². The largest absolute Gasteiger partial charge is 0.417 e. The number of oxazole rings is 1. The number of nitrogens with zero attached hydrogens (tertiary/aromatic N) is 1. The summed E-state index contributed by atoms with van der Waals surface area (Å²) in [7, 11) is 0. The third-order valence-electron chi connectivity index (χ3n) is 1.91. The number of halogens is 3. The minimum Gasteiger partial charge on any atom is -0.417 e. The third-order valence-corrected chi connectivity index (χ3v) is 2.93. The molecule has 1 heterocycles. The summed E-state index contributed by atoms with van der Waals surface area (Å²) in [5, 5.41) is 0.989. The number of hydrogen-bond acceptors (Lipinski definition) is 4. The van der Waals surface area contributed by atoms with Crippen molar-refractivity contribution in [2.24, 2.45) is 5.73 Å². The van der Waals surface area contributed by atoms with Crippen molar-refractivity contribution < 1.29 is 9.15 Å². The van der Waals surface area contributed by atoms with Crippen LogP contribution in [-0.4, -0.2) is 4.98 Å². The van der Waals surface area contributed by atoms with Crippen LogP contribution in [0.1, 0.15) is 5.69 Å². The van der Waals surface area contributed by atoms with Crippen LogP contribution >= 0.6 is 34.8 Å². The summed E-state index contributed by atoms with van der Waals surface area (Å²) in [5.41, 5.74) is 5.97. The zero-order chi connectivity index (χ0) is 12.4. The highest BCUT2D eigenvalue weighted by Crippen LogP contribution is 2.36. The smallest absolute Gasteiger partial charge is 0.399 e. The summed E-state index contributed by atoms with van der Waals surface area (Å²) in [5.74, 6) is 0.312. The van der Waals surface area contributed by atoms with Crippen LogP contribution in [0.4, 0.5) is 0 Å². The third kappa shape index (κ3) is 2.84. The molecule has 7 heteroatoms. The second kappa shape index (κ2) is 5.14. The van der Waals surface area contributed by atoms with E-state index in [0.29, 0.717) is 26.5 Å². The van der Waals surface area contributed by atoms with E-state index < -0.39 is 0 Å². The van der Waals surface area contributed by atoms with E-state index in [2.05, 4.69) is 4.98 Å². The maximum Gasteiger partial charge on any atom is 0.399 e. The molecule has 0 aliphatic carbocycles. The van der Waals surface area contributed by atoms with Crippen molar-refractivity contribution in [2.75, 3.05) is 0 Å². The van der Waals surface area contributed by atoms with E-state index in [4.69, 9.17) is 49.7 Å². The van der Waals surface area contributed by atoms with Gasteiger partial charge in [0, 0.05) is 12.6 Å². The first-order valence-electron chi connectivity index (χ1n) is 4.57. The standard InChI is InChI=1S/C10H7Cl3N2O2/c11-6-1-8(13)9(2-7(6)12)17-10-15-5(3-14)4-16-10/h1-2,4H,3,14H2. The van der Waals surface area contributed by atoms with Crippen LogP contribution in [0, 0.1) is 0 Å². The normalized spacial score (nSPS) is 10.6. The molecule has 1 aromatic heterocycles. The van der Waals surface area contributed by atoms with Gasteiger partial charge in [0.2, 0.25) is 0 Å². The Balaban J connectivity index is 2.26. The molecular weight excluding hydrogens is 286 g/mol. The van der Waals surface area contributed by atoms with Gasteiger partial charge in [-0.25, -0.2) is 0 Å². The first-order chi connectivity index (χ1) is 8.10. The van der Waals surface area contributed by atoms with Gasteiger partial charge in [-0.15, -0.1) is 0 Å². The van der Waals surface area contributed by atoms with Crippen molar-refractivity contribution in [1.29, 1.82) is 0 Å². The molecule has 0 bridgehead atoms. The maximum absolute atomic E-state index is 5.93. The first kappa shape index (κ1) is 12.5. The Hall–Kier alpha value is -0.940. The first-order valence-corrected chi connectivity index (χ1v) is 5.70. The van der Waals surface area contributed by atoms with Crippen molar-refractivity contribution >= 4 is 34.8 Å². The Bertz CT molecular complexity index is 542. The van der Waals surface area contributed by atoms with E-state index >= 15 is 0 Å². The van der Waals surface area contributed by atoms with E-state index in [1.165, 1.54) is 18.4 Å². The van der Waals surface area contributed by atoms with Gasteiger partial charge in [0.05, 0.1) is 20.8 Å². The van der Waals surface area contributed by atoms with E-state index in [1.54, 1.807) is 0 Å². The molecule has 2 rings (SSSR count). The highest BCUT2D eigenvalue weighted by molar-refractivity contribution is 6.43. The molecule has 1 aromatic carbocycles. The molecule has 0 unspecified atom stereocenters. The van der Waals surface area contributed by atoms with E-state index in [9.17, 15) is 0 Å². The fourth-order valence-electron chi connectivity index (χ4n) is 1.11. The molecule has 0 spiro atoms. The maximum atomic E-state index is 5.93. The van der Waals surface area contributed by atoms with Crippen LogP contribution in [0.15, 0.2) is 22.8 Å². The number of benzene rings is 1. The van der Waals surface area contributed by atoms with Gasteiger partial charge < -0.3 is 14.9 Å². The van der Waals surface area contributed by atoms with Crippen molar-refractivity contribution in [3.05, 3.63) is 39.2 Å². The van der Waals surface area contributed by atoms with Crippen molar-refractivity contribution in [3.63, 3.8) is 0 Å². The Kier molecular flexibility index (Phi) is 3.79. The summed E-state index contributed by atoms with van der Waals surface area (Å²) in [6.07, 6.45) is 1.45. The van der Waals surface area contributed by atoms with E-state index in [-0.39, 0.29) is 12.6 Å². The SMILES string of the molecule is NCc1coc(Oc2cc(Cl)c(Cl)cc2Cl)n1. The molecule has 90 valence electrons. The van der Waals surface area contributed by atoms with Crippen LogP contribution in [0.2, 0.25) is 15.1 Å². The number of aromatic nitrogens is 1. The average molecular weight is 294 g/mol. The zero-order valence-corrected chi connectivity index (χ0v) is 10.7. The lowest BCUT2D eigenvalue weighted by atomic mass is 10.3. The molecule has 17 heavy (non-hydrogen) atoms. The quantitative estimate of drug-likeness (QED) is 0.872. The Morgan fingerprint density at radius 3 is 2.53 bits per heavy atom. The second-order valence-electron chi connectivity index (χ2n) is 3.11. The number of rotatable bonds is 3. The van der Waals surface area contributed by atoms with Gasteiger partial charge in [-0.2, -0.15) is 4.98 Å². The lowest BCUT2D eigenvalue weighted by Gasteiger charge is -2.04. The van der Waals surface area contributed by atoms with Gasteiger partial charge in [0.15, 0.2) is 5.75 Å². The van der Waals surface area contributed by atoms with Crippen LogP contribution in [-0.2, 0) is 6.54 Å². The molecule has 0 radical (unpaired) electrons. The van der Waals surface area contributed by atoms with Gasteiger partial charge >= 0.3 is 6.08 Å². The van der Waals surface area contributed by atoms with Gasteiger partial charge in [0.1, 0.15) is 6.26 Å². The van der Waals surface area contributed by atoms with Crippen LogP contribution in [0.3, 0.4) is 0 Å². The molecule has 2 aromatic rings. The molecule has 0 fully saturated rings. The van der Waals surface area contributed by atoms with Gasteiger partial charge in [-0.3, -0.25) is 0 Å². The Morgan fingerprint density at radius 2 is 1.88 bits per heavy atom. The number of nitrogens with two attached hydrogens (primary N) is 1. The predicted molar refractivity (Wildman–Crippen MR) is 65.9 cm³/mol. The average Bonchev–Trinajstić information content (AvgIpc) is 2.73. The van der Waals surface area contributed by atoms with Gasteiger partial charge in [0.25, 0.3) is 0 Å². The summed E-state index contributed by atoms with van der Waals surface area (Å²) in [6, 6.07) is 2.96. The Morgan fingerprint density at radius 1 is 1.18 bits per heavy atom. The second-order valence-corrected chi connectivity index (χ2v) is 4.33. The van der Waals surface area contributed by atoms with Crippen molar-refractivity contribution in [2.45, 2.75) is 6.54 Å². The molecule has 0 aliphatic rings. The molecular formula is C10H7Cl3N2O2. The monoisotopic (exact) mass is 292 g/mol. The zero-order valence-electron chi connectivity index (χ0n) is 8.41. The van der Waals surface area contributed by atoms with Crippen molar-refractivity contribution in [1.82, 2.24) is 4.98 Å². The predicted octanol–water partition coefficient (Wildman–Crippen LogP) is 3.89. The summed E-state index contributed by atoms with van der Waals surface area (Å²) >= 11 is 17.6. The topological polar surface area (TPSA) is 61.3 Å². The fraction of sp³-hybridized carbons (Fsp3) is 0.100. The molecule has 0 saturated heterocycles. The molecule has 0 saturated carbocycles. The van der Waals surface area contributed by atoms with Gasteiger partial charge in [-0.05, 0) is 6.07 Å². The Labute approximate surface area is 112 Å². The van der Waals surface area contributed by atoms with Gasteiger partial charge in [-0.1, -0.05) is 34.8 Å². The number of hydrogen-bond donors (Lipinski definition) is 1. The highest BCUT2D eigenvalue weighted by atomic mass is 35.5. The summed E-state index contributed by atoms with van der Waals surface area (Å²) in [4.78, 5) is 3.97. The van der Waals surface area contributed by atoms with Crippen LogP contribution < -0.4 is 10.5 Å². The van der Waals surface area contributed by atoms with Crippen LogP contribution in [0.25, 0.3) is 0 Å². The van der Waals surface area contributed by atoms with E-state index in [1.807, 2.05) is 0 Å². The minimum atomic E-state index is 0.0470. The number of ether oxygens (including phenoxy) is 1. The lowest BCUT2D eigenvalue weighted by Crippen LogP contribution is -1.95. The highest BCUT2D eigenvalue weighted by Gasteiger charge is 2.11. The molecule has 2 N–H and O–H groups in total. The van der Waals surface area contributed by atoms with Crippen LogP contribution in [0.5, 0.6) is 11.8 Å². The molecule has 4 nitrogen and oxygen atoms in total. The molecule has 0 aliphatic heterocycles. The summed E-state index contributed by atoms with van der Waals surface area (Å²) < 4.78 is 10.4. The lowest BCUT2D eigenvalue weighted by molar-refractivity contribution is 0.331. The van der Waals surface area contributed by atoms with E-state index in [0.717, 1.165) is 0 Å². The summed E-state index contributed by atoms with van der Waals surface area (Å²) in [6.45, 7) is 0.266. The fourth-order valence-corrected chi connectivity index (χ4v) is 1.68. The minimum absolute atomic E-state index is 0.0470. The molecule has 0 atom stereocenters. The molecule has 0 amide bonds.